The smallest absolute Gasteiger partial charge is 0.269 e. The molecular weight excluding hydrogens is 252 g/mol. The first kappa shape index (κ1) is 15.0. The minimum absolute atomic E-state index is 0.125. The van der Waals surface area contributed by atoms with E-state index in [1.165, 1.54) is 25.7 Å². The average molecular weight is 276 g/mol. The number of nitro benzene ring substituents is 1. The number of benzene rings is 1. The average Bonchev–Trinajstić information content (AvgIpc) is 2.42. The fraction of sp³-hybridized carbons (Fsp3) is 0.625. The SMILES string of the molecule is CCCC1CCC(N)(Cc2ccc([N+](=O)[O-])cc2)CC1. The van der Waals surface area contributed by atoms with Crippen molar-refractivity contribution in [2.24, 2.45) is 11.7 Å². The molecule has 1 saturated carbocycles. The normalized spacial score (nSPS) is 26.4. The summed E-state index contributed by atoms with van der Waals surface area (Å²) in [5, 5.41) is 10.6. The van der Waals surface area contributed by atoms with Gasteiger partial charge in [-0.1, -0.05) is 31.9 Å². The highest BCUT2D eigenvalue weighted by atomic mass is 16.6. The number of rotatable bonds is 5. The van der Waals surface area contributed by atoms with Crippen molar-refractivity contribution >= 4 is 5.69 Å². The van der Waals surface area contributed by atoms with Gasteiger partial charge in [-0.15, -0.1) is 0 Å². The van der Waals surface area contributed by atoms with Gasteiger partial charge in [0.15, 0.2) is 0 Å². The van der Waals surface area contributed by atoms with Crippen LogP contribution in [0.2, 0.25) is 0 Å². The van der Waals surface area contributed by atoms with E-state index in [9.17, 15) is 10.1 Å². The maximum Gasteiger partial charge on any atom is 0.269 e. The molecule has 4 nitrogen and oxygen atoms in total. The van der Waals surface area contributed by atoms with E-state index in [0.29, 0.717) is 0 Å². The third-order valence-corrected chi connectivity index (χ3v) is 4.50. The molecule has 1 fully saturated rings. The molecule has 0 saturated heterocycles. The van der Waals surface area contributed by atoms with Crippen LogP contribution in [0.25, 0.3) is 0 Å². The second kappa shape index (κ2) is 6.35. The fourth-order valence-corrected chi connectivity index (χ4v) is 3.27. The number of hydrogen-bond donors (Lipinski definition) is 1. The monoisotopic (exact) mass is 276 g/mol. The number of nitrogens with two attached hydrogens (primary N) is 1. The summed E-state index contributed by atoms with van der Waals surface area (Å²) in [7, 11) is 0. The third kappa shape index (κ3) is 3.79. The summed E-state index contributed by atoms with van der Waals surface area (Å²) in [6.07, 6.45) is 7.96. The predicted octanol–water partition coefficient (Wildman–Crippen LogP) is 3.83. The fourth-order valence-electron chi connectivity index (χ4n) is 3.27. The van der Waals surface area contributed by atoms with E-state index in [1.807, 2.05) is 12.1 Å². The van der Waals surface area contributed by atoms with Crippen molar-refractivity contribution in [3.63, 3.8) is 0 Å². The first-order chi connectivity index (χ1) is 9.52. The molecule has 1 aliphatic carbocycles. The summed E-state index contributed by atoms with van der Waals surface area (Å²) in [6, 6.07) is 6.82. The molecule has 0 radical (unpaired) electrons. The van der Waals surface area contributed by atoms with Gasteiger partial charge in [0, 0.05) is 17.7 Å². The summed E-state index contributed by atoms with van der Waals surface area (Å²) < 4.78 is 0. The van der Waals surface area contributed by atoms with Crippen molar-refractivity contribution in [3.8, 4) is 0 Å². The second-order valence-electron chi connectivity index (χ2n) is 6.19. The van der Waals surface area contributed by atoms with Crippen LogP contribution in [0.3, 0.4) is 0 Å². The number of nitro groups is 1. The zero-order valence-corrected chi connectivity index (χ0v) is 12.2. The Bertz CT molecular complexity index is 448. The topological polar surface area (TPSA) is 69.2 Å². The predicted molar refractivity (Wildman–Crippen MR) is 80.6 cm³/mol. The molecule has 2 N–H and O–H groups in total. The van der Waals surface area contributed by atoms with Crippen LogP contribution in [-0.2, 0) is 6.42 Å². The largest absolute Gasteiger partial charge is 0.325 e. The summed E-state index contributed by atoms with van der Waals surface area (Å²) in [4.78, 5) is 10.3. The zero-order valence-electron chi connectivity index (χ0n) is 12.2. The molecule has 0 heterocycles. The Morgan fingerprint density at radius 3 is 2.40 bits per heavy atom. The maximum atomic E-state index is 10.6. The lowest BCUT2D eigenvalue weighted by molar-refractivity contribution is -0.384. The number of nitrogens with zero attached hydrogens (tertiary/aromatic N) is 1. The Hall–Kier alpha value is -1.42. The lowest BCUT2D eigenvalue weighted by Gasteiger charge is -2.37. The van der Waals surface area contributed by atoms with Gasteiger partial charge in [-0.3, -0.25) is 10.1 Å². The molecular formula is C16H24N2O2. The second-order valence-corrected chi connectivity index (χ2v) is 6.19. The molecule has 0 spiro atoms. The quantitative estimate of drug-likeness (QED) is 0.656. The van der Waals surface area contributed by atoms with Crippen LogP contribution in [0.5, 0.6) is 0 Å². The van der Waals surface area contributed by atoms with Crippen LogP contribution in [-0.4, -0.2) is 10.5 Å². The van der Waals surface area contributed by atoms with Crippen molar-refractivity contribution in [1.82, 2.24) is 0 Å². The lowest BCUT2D eigenvalue weighted by Crippen LogP contribution is -2.45. The maximum absolute atomic E-state index is 10.6. The summed E-state index contributed by atoms with van der Waals surface area (Å²) >= 11 is 0. The van der Waals surface area contributed by atoms with E-state index in [4.69, 9.17) is 5.73 Å². The van der Waals surface area contributed by atoms with E-state index >= 15 is 0 Å². The van der Waals surface area contributed by atoms with Gasteiger partial charge in [0.25, 0.3) is 5.69 Å². The Morgan fingerprint density at radius 2 is 1.90 bits per heavy atom. The highest BCUT2D eigenvalue weighted by molar-refractivity contribution is 5.33. The van der Waals surface area contributed by atoms with Crippen LogP contribution in [0.1, 0.15) is 51.0 Å². The van der Waals surface area contributed by atoms with Gasteiger partial charge >= 0.3 is 0 Å². The molecule has 0 bridgehead atoms. The summed E-state index contributed by atoms with van der Waals surface area (Å²) in [5.74, 6) is 0.841. The Morgan fingerprint density at radius 1 is 1.30 bits per heavy atom. The van der Waals surface area contributed by atoms with Gasteiger partial charge < -0.3 is 5.73 Å². The van der Waals surface area contributed by atoms with E-state index < -0.39 is 0 Å². The molecule has 0 aliphatic heterocycles. The summed E-state index contributed by atoms with van der Waals surface area (Å²) in [5.41, 5.74) is 7.64. The van der Waals surface area contributed by atoms with Crippen LogP contribution >= 0.6 is 0 Å². The molecule has 1 aromatic rings. The van der Waals surface area contributed by atoms with Crippen molar-refractivity contribution in [1.29, 1.82) is 0 Å². The van der Waals surface area contributed by atoms with Crippen LogP contribution in [0.15, 0.2) is 24.3 Å². The van der Waals surface area contributed by atoms with Crippen LogP contribution < -0.4 is 5.73 Å². The minimum atomic E-state index is -0.363. The lowest BCUT2D eigenvalue weighted by atomic mass is 9.73. The summed E-state index contributed by atoms with van der Waals surface area (Å²) in [6.45, 7) is 2.24. The van der Waals surface area contributed by atoms with Crippen molar-refractivity contribution < 1.29 is 4.92 Å². The standard InChI is InChI=1S/C16H24N2O2/c1-2-3-13-8-10-16(17,11-9-13)12-14-4-6-15(7-5-14)18(19)20/h4-7,13H,2-3,8-12,17H2,1H3. The molecule has 110 valence electrons. The first-order valence-corrected chi connectivity index (χ1v) is 7.54. The highest BCUT2D eigenvalue weighted by Gasteiger charge is 2.31. The minimum Gasteiger partial charge on any atom is -0.325 e. The van der Waals surface area contributed by atoms with E-state index in [0.717, 1.165) is 30.7 Å². The van der Waals surface area contributed by atoms with E-state index in [-0.39, 0.29) is 16.1 Å². The molecule has 0 unspecified atom stereocenters. The van der Waals surface area contributed by atoms with Gasteiger partial charge in [-0.2, -0.15) is 0 Å². The molecule has 1 aliphatic rings. The van der Waals surface area contributed by atoms with Crippen molar-refractivity contribution in [2.45, 2.75) is 57.4 Å². The molecule has 2 rings (SSSR count). The van der Waals surface area contributed by atoms with Crippen molar-refractivity contribution in [3.05, 3.63) is 39.9 Å². The molecule has 1 aromatic carbocycles. The number of non-ortho nitro benzene ring substituents is 1. The van der Waals surface area contributed by atoms with Crippen LogP contribution in [0.4, 0.5) is 5.69 Å². The third-order valence-electron chi connectivity index (χ3n) is 4.50. The van der Waals surface area contributed by atoms with E-state index in [1.54, 1.807) is 12.1 Å². The van der Waals surface area contributed by atoms with Crippen LogP contribution in [0, 0.1) is 16.0 Å². The molecule has 0 amide bonds. The van der Waals surface area contributed by atoms with Gasteiger partial charge in [-0.25, -0.2) is 0 Å². The van der Waals surface area contributed by atoms with Gasteiger partial charge in [-0.05, 0) is 43.6 Å². The Balaban J connectivity index is 1.94. The van der Waals surface area contributed by atoms with Gasteiger partial charge in [0.05, 0.1) is 4.92 Å². The van der Waals surface area contributed by atoms with Gasteiger partial charge in [0.2, 0.25) is 0 Å². The molecule has 4 heteroatoms. The molecule has 0 atom stereocenters. The Kier molecular flexibility index (Phi) is 4.76. The van der Waals surface area contributed by atoms with E-state index in [2.05, 4.69) is 6.92 Å². The molecule has 0 aromatic heterocycles. The first-order valence-electron chi connectivity index (χ1n) is 7.54. The van der Waals surface area contributed by atoms with Gasteiger partial charge in [0.1, 0.15) is 0 Å². The molecule has 20 heavy (non-hydrogen) atoms. The zero-order chi connectivity index (χ0) is 14.6. The van der Waals surface area contributed by atoms with Crippen molar-refractivity contribution in [2.75, 3.05) is 0 Å². The highest BCUT2D eigenvalue weighted by Crippen LogP contribution is 2.35. The number of hydrogen-bond acceptors (Lipinski definition) is 3. The Labute approximate surface area is 120 Å².